The SMILES string of the molecule is CC(=O)OC1CCc2nccn2C1. The molecule has 0 fully saturated rings. The standard InChI is InChI=1S/C9H12N2O2/c1-7(12)13-8-2-3-9-10-4-5-11(9)6-8/h4-5,8H,2-3,6H2,1H3. The van der Waals surface area contributed by atoms with Gasteiger partial charge in [0.1, 0.15) is 11.9 Å². The van der Waals surface area contributed by atoms with E-state index in [1.54, 1.807) is 6.20 Å². The predicted octanol–water partition coefficient (Wildman–Crippen LogP) is 0.761. The van der Waals surface area contributed by atoms with Crippen molar-refractivity contribution < 1.29 is 9.53 Å². The van der Waals surface area contributed by atoms with E-state index in [1.807, 2.05) is 10.8 Å². The number of nitrogens with zero attached hydrogens (tertiary/aromatic N) is 2. The third kappa shape index (κ3) is 1.71. The molecule has 1 aromatic rings. The first-order valence-corrected chi connectivity index (χ1v) is 4.43. The fraction of sp³-hybridized carbons (Fsp3) is 0.556. The van der Waals surface area contributed by atoms with Crippen molar-refractivity contribution in [3.8, 4) is 0 Å². The number of hydrogen-bond acceptors (Lipinski definition) is 3. The number of carbonyl (C=O) groups excluding carboxylic acids is 1. The molecule has 1 aliphatic rings. The lowest BCUT2D eigenvalue weighted by Gasteiger charge is -2.23. The van der Waals surface area contributed by atoms with Crippen molar-refractivity contribution in [3.05, 3.63) is 18.2 Å². The quantitative estimate of drug-likeness (QED) is 0.599. The summed E-state index contributed by atoms with van der Waals surface area (Å²) >= 11 is 0. The van der Waals surface area contributed by atoms with Gasteiger partial charge < -0.3 is 9.30 Å². The second-order valence-corrected chi connectivity index (χ2v) is 3.27. The van der Waals surface area contributed by atoms with E-state index in [9.17, 15) is 4.79 Å². The summed E-state index contributed by atoms with van der Waals surface area (Å²) < 4.78 is 7.17. The first-order chi connectivity index (χ1) is 6.25. The van der Waals surface area contributed by atoms with E-state index in [0.29, 0.717) is 0 Å². The Hall–Kier alpha value is -1.32. The van der Waals surface area contributed by atoms with Gasteiger partial charge in [-0.2, -0.15) is 0 Å². The van der Waals surface area contributed by atoms with Crippen LogP contribution in [0.4, 0.5) is 0 Å². The molecular formula is C9H12N2O2. The first-order valence-electron chi connectivity index (χ1n) is 4.43. The van der Waals surface area contributed by atoms with Gasteiger partial charge in [0.05, 0.1) is 6.54 Å². The minimum atomic E-state index is -0.200. The van der Waals surface area contributed by atoms with Crippen LogP contribution in [0.3, 0.4) is 0 Å². The summed E-state index contributed by atoms with van der Waals surface area (Å²) in [6.07, 6.45) is 5.51. The van der Waals surface area contributed by atoms with Crippen LogP contribution in [-0.2, 0) is 22.5 Å². The fourth-order valence-electron chi connectivity index (χ4n) is 1.67. The van der Waals surface area contributed by atoms with Crippen LogP contribution in [0, 0.1) is 0 Å². The lowest BCUT2D eigenvalue weighted by molar-refractivity contribution is -0.147. The normalized spacial score (nSPS) is 20.8. The second kappa shape index (κ2) is 3.20. The number of carbonyl (C=O) groups is 1. The number of rotatable bonds is 1. The minimum Gasteiger partial charge on any atom is -0.461 e. The molecule has 0 aromatic carbocycles. The third-order valence-electron chi connectivity index (χ3n) is 2.22. The van der Waals surface area contributed by atoms with Crippen LogP contribution in [-0.4, -0.2) is 21.6 Å². The molecule has 2 heterocycles. The van der Waals surface area contributed by atoms with E-state index in [2.05, 4.69) is 4.98 Å². The highest BCUT2D eigenvalue weighted by Gasteiger charge is 2.20. The van der Waals surface area contributed by atoms with Crippen molar-refractivity contribution in [2.75, 3.05) is 0 Å². The Morgan fingerprint density at radius 2 is 2.62 bits per heavy atom. The molecule has 1 aliphatic heterocycles. The lowest BCUT2D eigenvalue weighted by atomic mass is 10.1. The van der Waals surface area contributed by atoms with E-state index in [0.717, 1.165) is 25.2 Å². The van der Waals surface area contributed by atoms with Gasteiger partial charge in [-0.05, 0) is 6.42 Å². The maximum atomic E-state index is 10.7. The molecule has 1 aromatic heterocycles. The average Bonchev–Trinajstić information content (AvgIpc) is 2.49. The highest BCUT2D eigenvalue weighted by molar-refractivity contribution is 5.66. The Morgan fingerprint density at radius 1 is 1.77 bits per heavy atom. The first kappa shape index (κ1) is 8.29. The molecule has 0 saturated heterocycles. The average molecular weight is 180 g/mol. The highest BCUT2D eigenvalue weighted by atomic mass is 16.5. The molecule has 0 aliphatic carbocycles. The van der Waals surface area contributed by atoms with E-state index in [4.69, 9.17) is 4.74 Å². The largest absolute Gasteiger partial charge is 0.461 e. The van der Waals surface area contributed by atoms with Crippen LogP contribution in [0.5, 0.6) is 0 Å². The van der Waals surface area contributed by atoms with Crippen molar-refractivity contribution >= 4 is 5.97 Å². The second-order valence-electron chi connectivity index (χ2n) is 3.27. The summed E-state index contributed by atoms with van der Waals surface area (Å²) in [5.41, 5.74) is 0. The van der Waals surface area contributed by atoms with Gasteiger partial charge in [-0.25, -0.2) is 4.98 Å². The van der Waals surface area contributed by atoms with Gasteiger partial charge in [-0.15, -0.1) is 0 Å². The van der Waals surface area contributed by atoms with Gasteiger partial charge in [0.15, 0.2) is 0 Å². The smallest absolute Gasteiger partial charge is 0.302 e. The maximum Gasteiger partial charge on any atom is 0.302 e. The molecule has 13 heavy (non-hydrogen) atoms. The summed E-state index contributed by atoms with van der Waals surface area (Å²) in [5.74, 6) is 0.886. The summed E-state index contributed by atoms with van der Waals surface area (Å²) in [5, 5.41) is 0. The molecule has 0 radical (unpaired) electrons. The number of hydrogen-bond donors (Lipinski definition) is 0. The Balaban J connectivity index is 2.04. The molecule has 70 valence electrons. The molecule has 4 heteroatoms. The molecule has 2 rings (SSSR count). The lowest BCUT2D eigenvalue weighted by Crippen LogP contribution is -2.28. The summed E-state index contributed by atoms with van der Waals surface area (Å²) in [7, 11) is 0. The number of aryl methyl sites for hydroxylation is 1. The van der Waals surface area contributed by atoms with Crippen molar-refractivity contribution in [3.63, 3.8) is 0 Å². The Labute approximate surface area is 76.5 Å². The number of ether oxygens (including phenoxy) is 1. The van der Waals surface area contributed by atoms with Crippen LogP contribution in [0.15, 0.2) is 12.4 Å². The zero-order valence-corrected chi connectivity index (χ0v) is 7.56. The molecule has 1 unspecified atom stereocenters. The molecular weight excluding hydrogens is 168 g/mol. The zero-order chi connectivity index (χ0) is 9.26. The number of aromatic nitrogens is 2. The van der Waals surface area contributed by atoms with Crippen molar-refractivity contribution in [1.82, 2.24) is 9.55 Å². The van der Waals surface area contributed by atoms with E-state index >= 15 is 0 Å². The fourth-order valence-corrected chi connectivity index (χ4v) is 1.67. The van der Waals surface area contributed by atoms with Crippen LogP contribution in [0.1, 0.15) is 19.2 Å². The van der Waals surface area contributed by atoms with Gasteiger partial charge in [-0.3, -0.25) is 4.79 Å². The van der Waals surface area contributed by atoms with Gasteiger partial charge in [0.2, 0.25) is 0 Å². The minimum absolute atomic E-state index is 0.0270. The Kier molecular flexibility index (Phi) is 2.04. The van der Waals surface area contributed by atoms with Crippen LogP contribution >= 0.6 is 0 Å². The Bertz CT molecular complexity index is 319. The molecule has 4 nitrogen and oxygen atoms in total. The number of fused-ring (bicyclic) bond motifs is 1. The van der Waals surface area contributed by atoms with Crippen molar-refractivity contribution in [1.29, 1.82) is 0 Å². The van der Waals surface area contributed by atoms with Gasteiger partial charge in [0, 0.05) is 25.7 Å². The molecule has 0 spiro atoms. The number of esters is 1. The van der Waals surface area contributed by atoms with Crippen LogP contribution in [0.25, 0.3) is 0 Å². The Morgan fingerprint density at radius 3 is 3.38 bits per heavy atom. The van der Waals surface area contributed by atoms with Gasteiger partial charge in [-0.1, -0.05) is 0 Å². The summed E-state index contributed by atoms with van der Waals surface area (Å²) in [4.78, 5) is 14.9. The van der Waals surface area contributed by atoms with Crippen molar-refractivity contribution in [2.24, 2.45) is 0 Å². The predicted molar refractivity (Wildman–Crippen MR) is 46.1 cm³/mol. The van der Waals surface area contributed by atoms with E-state index in [-0.39, 0.29) is 12.1 Å². The monoisotopic (exact) mass is 180 g/mol. The molecule has 0 amide bonds. The zero-order valence-electron chi connectivity index (χ0n) is 7.56. The number of imidazole rings is 1. The van der Waals surface area contributed by atoms with Crippen molar-refractivity contribution in [2.45, 2.75) is 32.4 Å². The summed E-state index contributed by atoms with van der Waals surface area (Å²) in [6.45, 7) is 2.19. The van der Waals surface area contributed by atoms with Crippen LogP contribution < -0.4 is 0 Å². The molecule has 0 bridgehead atoms. The topological polar surface area (TPSA) is 44.1 Å². The maximum absolute atomic E-state index is 10.7. The van der Waals surface area contributed by atoms with Gasteiger partial charge >= 0.3 is 5.97 Å². The van der Waals surface area contributed by atoms with Crippen LogP contribution in [0.2, 0.25) is 0 Å². The molecule has 1 atom stereocenters. The highest BCUT2D eigenvalue weighted by Crippen LogP contribution is 2.15. The third-order valence-corrected chi connectivity index (χ3v) is 2.22. The molecule has 0 saturated carbocycles. The summed E-state index contributed by atoms with van der Waals surface area (Å²) in [6, 6.07) is 0. The molecule has 0 N–H and O–H groups in total. The van der Waals surface area contributed by atoms with Gasteiger partial charge in [0.25, 0.3) is 0 Å². The van der Waals surface area contributed by atoms with E-state index < -0.39 is 0 Å². The van der Waals surface area contributed by atoms with E-state index in [1.165, 1.54) is 6.92 Å².